The van der Waals surface area contributed by atoms with Crippen LogP contribution in [-0.4, -0.2) is 6.08 Å². The van der Waals surface area contributed by atoms with Crippen LogP contribution in [0.25, 0.3) is 0 Å². The lowest BCUT2D eigenvalue weighted by Gasteiger charge is -2.25. The highest BCUT2D eigenvalue weighted by Crippen LogP contribution is 2.44. The van der Waals surface area contributed by atoms with Crippen molar-refractivity contribution < 1.29 is 9.18 Å². The molecule has 4 heteroatoms. The molecule has 0 atom stereocenters. The zero-order valence-electron chi connectivity index (χ0n) is 9.59. The maximum atomic E-state index is 13.3. The molecule has 0 aliphatic heterocycles. The number of hydrogen-bond acceptors (Lipinski definition) is 2. The van der Waals surface area contributed by atoms with E-state index in [0.717, 1.165) is 36.8 Å². The lowest BCUT2D eigenvalue weighted by atomic mass is 9.86. The van der Waals surface area contributed by atoms with E-state index >= 15 is 0 Å². The second-order valence-corrected chi connectivity index (χ2v) is 4.93. The zero-order valence-corrected chi connectivity index (χ0v) is 10.4. The fourth-order valence-corrected chi connectivity index (χ4v) is 2.80. The Labute approximate surface area is 105 Å². The molecule has 0 aromatic heterocycles. The summed E-state index contributed by atoms with van der Waals surface area (Å²) in [7, 11) is 0. The molecule has 2 rings (SSSR count). The maximum absolute atomic E-state index is 13.3. The number of hydrogen-bond donors (Lipinski definition) is 0. The molecule has 0 amide bonds. The smallest absolute Gasteiger partial charge is 0.211 e. The molecule has 2 nitrogen and oxygen atoms in total. The minimum atomic E-state index is -0.539. The molecule has 0 N–H and O–H groups in total. The monoisotopic (exact) mass is 253 g/mol. The molecule has 17 heavy (non-hydrogen) atoms. The van der Waals surface area contributed by atoms with Gasteiger partial charge in [-0.2, -0.15) is 4.99 Å². The third-order valence-corrected chi connectivity index (χ3v) is 3.75. The lowest BCUT2D eigenvalue weighted by molar-refractivity contribution is 0.452. The van der Waals surface area contributed by atoms with Crippen LogP contribution in [0.5, 0.6) is 0 Å². The normalized spacial score (nSPS) is 17.8. The number of isocyanates is 1. The zero-order chi connectivity index (χ0) is 12.5. The van der Waals surface area contributed by atoms with Gasteiger partial charge in [-0.3, -0.25) is 0 Å². The first-order valence-corrected chi connectivity index (χ1v) is 6.02. The van der Waals surface area contributed by atoms with Crippen LogP contribution in [0, 0.1) is 12.7 Å². The number of halogens is 2. The van der Waals surface area contributed by atoms with Gasteiger partial charge in [-0.25, -0.2) is 9.18 Å². The van der Waals surface area contributed by atoms with Crippen molar-refractivity contribution in [3.63, 3.8) is 0 Å². The number of aliphatic imine (C=N–C) groups is 1. The van der Waals surface area contributed by atoms with E-state index in [0.29, 0.717) is 0 Å². The fraction of sp³-hybridized carbons (Fsp3) is 0.462. The number of carbonyl (C=O) groups excluding carboxylic acids is 1. The third kappa shape index (κ3) is 2.13. The SMILES string of the molecule is Cc1cc(F)c(Cl)cc1C1(N=C=O)CCCC1. The Hall–Kier alpha value is -1.18. The van der Waals surface area contributed by atoms with Gasteiger partial charge in [0.05, 0.1) is 10.6 Å². The van der Waals surface area contributed by atoms with E-state index < -0.39 is 11.4 Å². The fourth-order valence-electron chi connectivity index (χ4n) is 2.64. The molecule has 0 saturated heterocycles. The van der Waals surface area contributed by atoms with Gasteiger partial charge in [0.2, 0.25) is 6.08 Å². The van der Waals surface area contributed by atoms with Crippen molar-refractivity contribution in [1.29, 1.82) is 0 Å². The molecule has 0 radical (unpaired) electrons. The van der Waals surface area contributed by atoms with Crippen LogP contribution in [0.2, 0.25) is 5.02 Å². The molecular weight excluding hydrogens is 241 g/mol. The highest BCUT2D eigenvalue weighted by Gasteiger charge is 2.37. The minimum Gasteiger partial charge on any atom is -0.211 e. The predicted molar refractivity (Wildman–Crippen MR) is 64.4 cm³/mol. The average molecular weight is 254 g/mol. The second kappa shape index (κ2) is 4.59. The van der Waals surface area contributed by atoms with Gasteiger partial charge >= 0.3 is 0 Å². The summed E-state index contributed by atoms with van der Waals surface area (Å²) in [6, 6.07) is 3.00. The molecule has 90 valence electrons. The molecule has 0 bridgehead atoms. The van der Waals surface area contributed by atoms with Crippen molar-refractivity contribution in [2.75, 3.05) is 0 Å². The van der Waals surface area contributed by atoms with Crippen LogP contribution in [0.1, 0.15) is 36.8 Å². The number of nitrogens with zero attached hydrogens (tertiary/aromatic N) is 1. The summed E-state index contributed by atoms with van der Waals surface area (Å²) in [5, 5.41) is 0.0815. The summed E-state index contributed by atoms with van der Waals surface area (Å²) in [5.41, 5.74) is 1.10. The summed E-state index contributed by atoms with van der Waals surface area (Å²) in [5.74, 6) is -0.434. The number of benzene rings is 1. The predicted octanol–water partition coefficient (Wildman–Crippen LogP) is 3.89. The van der Waals surface area contributed by atoms with E-state index in [1.165, 1.54) is 6.07 Å². The van der Waals surface area contributed by atoms with E-state index in [2.05, 4.69) is 4.99 Å². The van der Waals surface area contributed by atoms with E-state index in [1.807, 2.05) is 6.92 Å². The molecule has 0 heterocycles. The maximum Gasteiger partial charge on any atom is 0.235 e. The third-order valence-electron chi connectivity index (χ3n) is 3.46. The largest absolute Gasteiger partial charge is 0.235 e. The summed E-state index contributed by atoms with van der Waals surface area (Å²) in [4.78, 5) is 14.6. The summed E-state index contributed by atoms with van der Waals surface area (Å²) in [6.07, 6.45) is 5.27. The highest BCUT2D eigenvalue weighted by atomic mass is 35.5. The van der Waals surface area contributed by atoms with Gasteiger partial charge in [-0.15, -0.1) is 0 Å². The Bertz CT molecular complexity index is 488. The molecule has 1 aliphatic carbocycles. The van der Waals surface area contributed by atoms with Gasteiger partial charge in [0, 0.05) is 0 Å². The van der Waals surface area contributed by atoms with E-state index in [9.17, 15) is 9.18 Å². The van der Waals surface area contributed by atoms with E-state index in [4.69, 9.17) is 11.6 Å². The molecule has 1 fully saturated rings. The average Bonchev–Trinajstić information content (AvgIpc) is 2.73. The van der Waals surface area contributed by atoms with Crippen molar-refractivity contribution in [3.05, 3.63) is 34.1 Å². The number of rotatable bonds is 2. The molecule has 0 spiro atoms. The van der Waals surface area contributed by atoms with Crippen LogP contribution in [-0.2, 0) is 10.3 Å². The van der Waals surface area contributed by atoms with Crippen molar-refractivity contribution in [3.8, 4) is 0 Å². The van der Waals surface area contributed by atoms with Gasteiger partial charge in [0.25, 0.3) is 0 Å². The van der Waals surface area contributed by atoms with E-state index in [-0.39, 0.29) is 5.02 Å². The molecule has 1 saturated carbocycles. The van der Waals surface area contributed by atoms with Crippen molar-refractivity contribution in [1.82, 2.24) is 0 Å². The molecule has 0 unspecified atom stereocenters. The van der Waals surface area contributed by atoms with Crippen LogP contribution < -0.4 is 0 Å². The summed E-state index contributed by atoms with van der Waals surface area (Å²) in [6.45, 7) is 1.81. The Morgan fingerprint density at radius 1 is 1.41 bits per heavy atom. The molecule has 1 aromatic carbocycles. The molecule has 1 aromatic rings. The first-order valence-electron chi connectivity index (χ1n) is 5.64. The standard InChI is InChI=1S/C13H13ClFNO/c1-9-6-12(15)11(14)7-10(9)13(16-8-17)4-2-3-5-13/h6-7H,2-5H2,1H3. The summed E-state index contributed by atoms with van der Waals surface area (Å²) < 4.78 is 13.3. The Kier molecular flexibility index (Phi) is 3.32. The van der Waals surface area contributed by atoms with Gasteiger partial charge in [0.15, 0.2) is 0 Å². The Morgan fingerprint density at radius 2 is 2.06 bits per heavy atom. The van der Waals surface area contributed by atoms with Gasteiger partial charge < -0.3 is 0 Å². The van der Waals surface area contributed by atoms with Crippen molar-refractivity contribution in [2.24, 2.45) is 4.99 Å². The summed E-state index contributed by atoms with van der Waals surface area (Å²) >= 11 is 5.81. The van der Waals surface area contributed by atoms with Crippen LogP contribution in [0.4, 0.5) is 4.39 Å². The molecule has 1 aliphatic rings. The Morgan fingerprint density at radius 3 is 2.65 bits per heavy atom. The van der Waals surface area contributed by atoms with Gasteiger partial charge in [-0.1, -0.05) is 24.4 Å². The Balaban J connectivity index is 2.57. The van der Waals surface area contributed by atoms with Crippen molar-refractivity contribution in [2.45, 2.75) is 38.1 Å². The quantitative estimate of drug-likeness (QED) is 0.581. The molecular formula is C13H13ClFNO. The minimum absolute atomic E-state index is 0.0815. The van der Waals surface area contributed by atoms with Gasteiger partial charge in [0.1, 0.15) is 5.82 Å². The number of aryl methyl sites for hydroxylation is 1. The van der Waals surface area contributed by atoms with E-state index in [1.54, 1.807) is 12.1 Å². The van der Waals surface area contributed by atoms with Crippen LogP contribution >= 0.6 is 11.6 Å². The topological polar surface area (TPSA) is 29.4 Å². The van der Waals surface area contributed by atoms with Gasteiger partial charge in [-0.05, 0) is 43.0 Å². The lowest BCUT2D eigenvalue weighted by Crippen LogP contribution is -2.20. The van der Waals surface area contributed by atoms with Crippen molar-refractivity contribution >= 4 is 17.7 Å². The second-order valence-electron chi connectivity index (χ2n) is 4.52. The van der Waals surface area contributed by atoms with Crippen LogP contribution in [0.15, 0.2) is 17.1 Å². The van der Waals surface area contributed by atoms with Crippen LogP contribution in [0.3, 0.4) is 0 Å². The first kappa shape index (κ1) is 12.3. The first-order chi connectivity index (χ1) is 8.09. The highest BCUT2D eigenvalue weighted by molar-refractivity contribution is 6.30.